The van der Waals surface area contributed by atoms with Gasteiger partial charge in [-0.15, -0.1) is 12.4 Å². The zero-order valence-corrected chi connectivity index (χ0v) is 13.3. The van der Waals surface area contributed by atoms with Crippen LogP contribution in [-0.4, -0.2) is 38.0 Å². The average molecular weight is 330 g/mol. The Kier molecular flexibility index (Phi) is 8.04. The van der Waals surface area contributed by atoms with Crippen molar-refractivity contribution in [2.45, 2.75) is 12.8 Å². The first kappa shape index (κ1) is 17.7. The molecule has 3 N–H and O–H groups in total. The molecular weight excluding hydrogens is 310 g/mol. The second kappa shape index (κ2) is 9.55. The SMILES string of the molecule is Cl.O=C(CCNC(=O)c1ccsc1)NCC1=CCNCC1. The van der Waals surface area contributed by atoms with Gasteiger partial charge in [-0.25, -0.2) is 0 Å². The van der Waals surface area contributed by atoms with Crippen LogP contribution in [0.25, 0.3) is 0 Å². The van der Waals surface area contributed by atoms with Gasteiger partial charge in [0.05, 0.1) is 0 Å². The van der Waals surface area contributed by atoms with E-state index in [2.05, 4.69) is 22.0 Å². The summed E-state index contributed by atoms with van der Waals surface area (Å²) in [5, 5.41) is 12.5. The zero-order chi connectivity index (χ0) is 14.2. The number of thiophene rings is 1. The molecule has 0 fully saturated rings. The molecule has 21 heavy (non-hydrogen) atoms. The maximum atomic E-state index is 11.7. The molecule has 0 spiro atoms. The fourth-order valence-electron chi connectivity index (χ4n) is 1.92. The highest BCUT2D eigenvalue weighted by Crippen LogP contribution is 2.05. The van der Waals surface area contributed by atoms with Gasteiger partial charge in [-0.3, -0.25) is 9.59 Å². The van der Waals surface area contributed by atoms with Crippen LogP contribution in [0.5, 0.6) is 0 Å². The highest BCUT2D eigenvalue weighted by molar-refractivity contribution is 7.08. The summed E-state index contributed by atoms with van der Waals surface area (Å²) in [6.07, 6.45) is 3.40. The van der Waals surface area contributed by atoms with Gasteiger partial charge in [0, 0.05) is 37.0 Å². The lowest BCUT2D eigenvalue weighted by Crippen LogP contribution is -2.32. The van der Waals surface area contributed by atoms with E-state index in [1.165, 1.54) is 16.9 Å². The molecule has 0 bridgehead atoms. The van der Waals surface area contributed by atoms with Gasteiger partial charge in [0.25, 0.3) is 5.91 Å². The zero-order valence-electron chi connectivity index (χ0n) is 11.7. The summed E-state index contributed by atoms with van der Waals surface area (Å²) in [4.78, 5) is 23.3. The van der Waals surface area contributed by atoms with Crippen LogP contribution in [0.15, 0.2) is 28.5 Å². The average Bonchev–Trinajstić information content (AvgIpc) is 3.00. The summed E-state index contributed by atoms with van der Waals surface area (Å²) in [5.41, 5.74) is 1.91. The highest BCUT2D eigenvalue weighted by atomic mass is 35.5. The van der Waals surface area contributed by atoms with E-state index in [0.717, 1.165) is 19.5 Å². The first-order valence-electron chi connectivity index (χ1n) is 6.71. The van der Waals surface area contributed by atoms with Crippen molar-refractivity contribution in [3.8, 4) is 0 Å². The van der Waals surface area contributed by atoms with Crippen LogP contribution in [-0.2, 0) is 4.79 Å². The Labute approximate surface area is 134 Å². The maximum Gasteiger partial charge on any atom is 0.252 e. The molecule has 0 saturated carbocycles. The van der Waals surface area contributed by atoms with Crippen molar-refractivity contribution in [1.82, 2.24) is 16.0 Å². The van der Waals surface area contributed by atoms with Gasteiger partial charge >= 0.3 is 0 Å². The van der Waals surface area contributed by atoms with Crippen LogP contribution in [0.1, 0.15) is 23.2 Å². The van der Waals surface area contributed by atoms with Crippen LogP contribution in [0.3, 0.4) is 0 Å². The number of carbonyl (C=O) groups excluding carboxylic acids is 2. The lowest BCUT2D eigenvalue weighted by Gasteiger charge is -2.14. The van der Waals surface area contributed by atoms with E-state index < -0.39 is 0 Å². The van der Waals surface area contributed by atoms with Crippen LogP contribution < -0.4 is 16.0 Å². The van der Waals surface area contributed by atoms with E-state index in [1.807, 2.05) is 5.38 Å². The molecule has 0 radical (unpaired) electrons. The van der Waals surface area contributed by atoms with E-state index in [9.17, 15) is 9.59 Å². The molecule has 1 aliphatic rings. The smallest absolute Gasteiger partial charge is 0.252 e. The normalized spacial score (nSPS) is 13.8. The molecule has 0 saturated heterocycles. The first-order chi connectivity index (χ1) is 9.75. The Balaban J connectivity index is 0.00000220. The molecule has 5 nitrogen and oxygen atoms in total. The quantitative estimate of drug-likeness (QED) is 0.689. The number of amides is 2. The highest BCUT2D eigenvalue weighted by Gasteiger charge is 2.08. The van der Waals surface area contributed by atoms with Crippen molar-refractivity contribution in [2.75, 3.05) is 26.2 Å². The summed E-state index contributed by atoms with van der Waals surface area (Å²) in [5.74, 6) is -0.157. The molecule has 0 atom stereocenters. The number of rotatable bonds is 6. The van der Waals surface area contributed by atoms with Gasteiger partial charge in [-0.05, 0) is 24.4 Å². The Bertz CT molecular complexity index is 488. The van der Waals surface area contributed by atoms with Crippen molar-refractivity contribution in [1.29, 1.82) is 0 Å². The molecule has 0 unspecified atom stereocenters. The summed E-state index contributed by atoms with van der Waals surface area (Å²) >= 11 is 1.48. The Morgan fingerprint density at radius 2 is 2.19 bits per heavy atom. The number of hydrogen-bond donors (Lipinski definition) is 3. The topological polar surface area (TPSA) is 70.2 Å². The fourth-order valence-corrected chi connectivity index (χ4v) is 2.55. The Hall–Kier alpha value is -1.37. The predicted octanol–water partition coefficient (Wildman–Crippen LogP) is 1.33. The van der Waals surface area contributed by atoms with E-state index in [1.54, 1.807) is 11.4 Å². The fraction of sp³-hybridized carbons (Fsp3) is 0.429. The maximum absolute atomic E-state index is 11.7. The lowest BCUT2D eigenvalue weighted by molar-refractivity contribution is -0.120. The predicted molar refractivity (Wildman–Crippen MR) is 87.1 cm³/mol. The molecule has 7 heteroatoms. The number of hydrogen-bond acceptors (Lipinski definition) is 4. The molecule has 2 heterocycles. The molecule has 116 valence electrons. The summed E-state index contributed by atoms with van der Waals surface area (Å²) in [6.45, 7) is 2.82. The monoisotopic (exact) mass is 329 g/mol. The van der Waals surface area contributed by atoms with E-state index >= 15 is 0 Å². The van der Waals surface area contributed by atoms with Gasteiger partial charge in [-0.2, -0.15) is 11.3 Å². The largest absolute Gasteiger partial charge is 0.352 e. The molecule has 2 amide bonds. The second-order valence-corrected chi connectivity index (χ2v) is 5.39. The Morgan fingerprint density at radius 1 is 1.33 bits per heavy atom. The van der Waals surface area contributed by atoms with Gasteiger partial charge in [0.15, 0.2) is 0 Å². The van der Waals surface area contributed by atoms with Crippen molar-refractivity contribution in [3.63, 3.8) is 0 Å². The van der Waals surface area contributed by atoms with E-state index in [-0.39, 0.29) is 24.2 Å². The molecule has 0 aliphatic carbocycles. The Morgan fingerprint density at radius 3 is 2.86 bits per heavy atom. The molecule has 0 aromatic carbocycles. The first-order valence-corrected chi connectivity index (χ1v) is 7.65. The molecule has 2 rings (SSSR count). The molecule has 1 aromatic rings. The van der Waals surface area contributed by atoms with Crippen molar-refractivity contribution in [2.24, 2.45) is 0 Å². The van der Waals surface area contributed by atoms with Gasteiger partial charge in [0.1, 0.15) is 0 Å². The third-order valence-electron chi connectivity index (χ3n) is 3.09. The van der Waals surface area contributed by atoms with Gasteiger partial charge in [-0.1, -0.05) is 11.6 Å². The van der Waals surface area contributed by atoms with Crippen LogP contribution in [0.2, 0.25) is 0 Å². The van der Waals surface area contributed by atoms with Gasteiger partial charge in [0.2, 0.25) is 5.91 Å². The van der Waals surface area contributed by atoms with E-state index in [4.69, 9.17) is 0 Å². The minimum Gasteiger partial charge on any atom is -0.352 e. The minimum atomic E-state index is -0.125. The second-order valence-electron chi connectivity index (χ2n) is 4.61. The number of halogens is 1. The van der Waals surface area contributed by atoms with Crippen molar-refractivity contribution >= 4 is 35.6 Å². The van der Waals surface area contributed by atoms with Crippen molar-refractivity contribution in [3.05, 3.63) is 34.0 Å². The van der Waals surface area contributed by atoms with Gasteiger partial charge < -0.3 is 16.0 Å². The van der Waals surface area contributed by atoms with Crippen LogP contribution >= 0.6 is 23.7 Å². The lowest BCUT2D eigenvalue weighted by atomic mass is 10.1. The van der Waals surface area contributed by atoms with E-state index in [0.29, 0.717) is 25.1 Å². The minimum absolute atomic E-state index is 0. The molecular formula is C14H20ClN3O2S. The summed E-state index contributed by atoms with van der Waals surface area (Å²) < 4.78 is 0. The number of nitrogens with one attached hydrogen (secondary N) is 3. The van der Waals surface area contributed by atoms with Crippen LogP contribution in [0.4, 0.5) is 0 Å². The molecule has 1 aliphatic heterocycles. The number of carbonyl (C=O) groups is 2. The third kappa shape index (κ3) is 6.29. The third-order valence-corrected chi connectivity index (χ3v) is 3.77. The summed E-state index contributed by atoms with van der Waals surface area (Å²) in [6, 6.07) is 1.77. The standard InChI is InChI=1S/C14H19N3O2S.ClH/c18-13(17-9-11-1-5-15-6-2-11)3-7-16-14(19)12-4-8-20-10-12;/h1,4,8,10,15H,2-3,5-7,9H2,(H,16,19)(H,17,18);1H. The van der Waals surface area contributed by atoms with Crippen molar-refractivity contribution < 1.29 is 9.59 Å². The van der Waals surface area contributed by atoms with Crippen LogP contribution in [0, 0.1) is 0 Å². The summed E-state index contributed by atoms with van der Waals surface area (Å²) in [7, 11) is 0. The molecule has 1 aromatic heterocycles.